The normalized spacial score (nSPS) is 19.1. The number of halogens is 1. The lowest BCUT2D eigenvalue weighted by Gasteiger charge is -2.42. The van der Waals surface area contributed by atoms with Gasteiger partial charge in [0.1, 0.15) is 11.6 Å². The Bertz CT molecular complexity index is 1330. The van der Waals surface area contributed by atoms with Crippen molar-refractivity contribution in [1.29, 1.82) is 0 Å². The number of methoxy groups -OCH3 is 3. The molecule has 5 rings (SSSR count). The smallest absolute Gasteiger partial charge is 0.330 e. The summed E-state index contributed by atoms with van der Waals surface area (Å²) in [6, 6.07) is 9.18. The minimum absolute atomic E-state index is 0.111. The molecule has 2 heterocycles. The van der Waals surface area contributed by atoms with Crippen molar-refractivity contribution in [2.24, 2.45) is 0 Å². The monoisotopic (exact) mass is 523 g/mol. The first-order valence-corrected chi connectivity index (χ1v) is 12.4. The number of anilines is 4. The summed E-state index contributed by atoms with van der Waals surface area (Å²) in [5.74, 6) is 1.71. The Balaban J connectivity index is 1.51. The number of nitrogens with one attached hydrogen (secondary N) is 1. The van der Waals surface area contributed by atoms with E-state index in [2.05, 4.69) is 10.3 Å². The lowest BCUT2D eigenvalue weighted by Crippen LogP contribution is -2.53. The zero-order valence-electron chi connectivity index (χ0n) is 21.5. The summed E-state index contributed by atoms with van der Waals surface area (Å²) in [6.07, 6.45) is 3.61. The number of fused-ring (bicyclic) bond motifs is 1. The van der Waals surface area contributed by atoms with Gasteiger partial charge in [0.05, 0.1) is 39.7 Å². The van der Waals surface area contributed by atoms with E-state index >= 15 is 4.39 Å². The summed E-state index contributed by atoms with van der Waals surface area (Å²) in [7, 11) is 4.58. The molecule has 2 N–H and O–H groups in total. The van der Waals surface area contributed by atoms with E-state index in [9.17, 15) is 9.90 Å². The Morgan fingerprint density at radius 3 is 2.45 bits per heavy atom. The number of rotatable bonds is 7. The molecule has 0 bridgehead atoms. The number of benzene rings is 2. The number of aromatic nitrogens is 2. The molecule has 1 fully saturated rings. The van der Waals surface area contributed by atoms with Crippen LogP contribution in [0.2, 0.25) is 0 Å². The highest BCUT2D eigenvalue weighted by Crippen LogP contribution is 2.38. The molecule has 1 aromatic heterocycles. The lowest BCUT2D eigenvalue weighted by atomic mass is 9.91. The van der Waals surface area contributed by atoms with Gasteiger partial charge in [-0.25, -0.2) is 14.2 Å². The Labute approximate surface area is 220 Å². The van der Waals surface area contributed by atoms with Crippen molar-refractivity contribution in [2.45, 2.75) is 44.4 Å². The molecular formula is C27H30FN5O5. The van der Waals surface area contributed by atoms with Crippen LogP contribution in [0.5, 0.6) is 17.2 Å². The van der Waals surface area contributed by atoms with E-state index < -0.39 is 11.9 Å². The second-order valence-corrected chi connectivity index (χ2v) is 9.26. The Hall–Kier alpha value is -4.12. The summed E-state index contributed by atoms with van der Waals surface area (Å²) in [4.78, 5) is 26.1. The molecule has 2 aromatic carbocycles. The minimum atomic E-state index is -0.562. The van der Waals surface area contributed by atoms with E-state index in [0.717, 1.165) is 0 Å². The number of aliphatic hydroxyl groups is 1. The second kappa shape index (κ2) is 10.7. The Morgan fingerprint density at radius 2 is 1.76 bits per heavy atom. The first-order chi connectivity index (χ1) is 18.4. The van der Waals surface area contributed by atoms with Gasteiger partial charge in [0, 0.05) is 35.6 Å². The Morgan fingerprint density at radius 1 is 1.00 bits per heavy atom. The standard InChI is InChI=1S/C27H30FN5O5/c1-36-20-9-10-22(21(28)13-20)32-15-16-14-29-26(30-17-4-11-23(37-2)24(12-17)38-3)31-25(16)33(27(32)35)18-5-7-19(34)8-6-18/h4,9-14,18-19,34H,5-8,15H2,1-3H3,(H,29,30,31)/t18-,19-. The number of aliphatic hydroxyl groups excluding tert-OH is 1. The maximum absolute atomic E-state index is 15.0. The maximum atomic E-state index is 15.0. The zero-order chi connectivity index (χ0) is 26.8. The van der Waals surface area contributed by atoms with Crippen molar-refractivity contribution >= 4 is 29.2 Å². The van der Waals surface area contributed by atoms with E-state index in [1.165, 1.54) is 24.1 Å². The third-order valence-electron chi connectivity index (χ3n) is 6.95. The fourth-order valence-corrected chi connectivity index (χ4v) is 4.95. The zero-order valence-corrected chi connectivity index (χ0v) is 21.5. The van der Waals surface area contributed by atoms with Crippen LogP contribution < -0.4 is 29.3 Å². The van der Waals surface area contributed by atoms with Gasteiger partial charge in [-0.3, -0.25) is 9.80 Å². The van der Waals surface area contributed by atoms with E-state index in [4.69, 9.17) is 19.2 Å². The number of nitrogens with zero attached hydrogens (tertiary/aromatic N) is 4. The predicted molar refractivity (Wildman–Crippen MR) is 140 cm³/mol. The molecule has 1 saturated carbocycles. The molecule has 38 heavy (non-hydrogen) atoms. The molecule has 11 heteroatoms. The van der Waals surface area contributed by atoms with Crippen molar-refractivity contribution in [3.8, 4) is 17.2 Å². The first kappa shape index (κ1) is 25.5. The molecule has 0 unspecified atom stereocenters. The second-order valence-electron chi connectivity index (χ2n) is 9.26. The first-order valence-electron chi connectivity index (χ1n) is 12.4. The molecular weight excluding hydrogens is 493 g/mol. The van der Waals surface area contributed by atoms with Crippen LogP contribution in [0, 0.1) is 5.82 Å². The van der Waals surface area contributed by atoms with Gasteiger partial charge in [-0.2, -0.15) is 4.98 Å². The molecule has 0 saturated heterocycles. The van der Waals surface area contributed by atoms with Crippen LogP contribution in [0.1, 0.15) is 31.2 Å². The van der Waals surface area contributed by atoms with Crippen LogP contribution in [0.25, 0.3) is 0 Å². The summed E-state index contributed by atoms with van der Waals surface area (Å²) in [5.41, 5.74) is 1.51. The molecule has 2 amide bonds. The third-order valence-corrected chi connectivity index (χ3v) is 6.95. The number of amides is 2. The number of ether oxygens (including phenoxy) is 3. The molecule has 0 atom stereocenters. The molecule has 0 spiro atoms. The molecule has 200 valence electrons. The highest BCUT2D eigenvalue weighted by atomic mass is 19.1. The number of carbonyl (C=O) groups is 1. The average molecular weight is 524 g/mol. The largest absolute Gasteiger partial charge is 0.497 e. The van der Waals surface area contributed by atoms with Gasteiger partial charge in [0.25, 0.3) is 0 Å². The number of hydrogen-bond donors (Lipinski definition) is 2. The average Bonchev–Trinajstić information content (AvgIpc) is 2.93. The number of urea groups is 1. The van der Waals surface area contributed by atoms with Crippen molar-refractivity contribution in [1.82, 2.24) is 9.97 Å². The third kappa shape index (κ3) is 4.89. The van der Waals surface area contributed by atoms with Crippen LogP contribution >= 0.6 is 0 Å². The highest BCUT2D eigenvalue weighted by Gasteiger charge is 2.39. The number of hydrogen-bond acceptors (Lipinski definition) is 8. The van der Waals surface area contributed by atoms with E-state index in [1.807, 2.05) is 6.07 Å². The highest BCUT2D eigenvalue weighted by molar-refractivity contribution is 6.06. The maximum Gasteiger partial charge on any atom is 0.330 e. The van der Waals surface area contributed by atoms with Gasteiger partial charge in [-0.15, -0.1) is 0 Å². The van der Waals surface area contributed by atoms with Gasteiger partial charge >= 0.3 is 6.03 Å². The summed E-state index contributed by atoms with van der Waals surface area (Å²) < 4.78 is 30.8. The van der Waals surface area contributed by atoms with Crippen LogP contribution in [-0.2, 0) is 6.54 Å². The molecule has 1 aliphatic heterocycles. The fraction of sp³-hybridized carbons (Fsp3) is 0.370. The van der Waals surface area contributed by atoms with Gasteiger partial charge in [0.2, 0.25) is 5.95 Å². The van der Waals surface area contributed by atoms with Crippen LogP contribution in [0.4, 0.5) is 32.3 Å². The van der Waals surface area contributed by atoms with Crippen molar-refractivity contribution in [3.63, 3.8) is 0 Å². The van der Waals surface area contributed by atoms with Crippen LogP contribution in [0.3, 0.4) is 0 Å². The minimum Gasteiger partial charge on any atom is -0.497 e. The molecule has 0 radical (unpaired) electrons. The lowest BCUT2D eigenvalue weighted by molar-refractivity contribution is 0.122. The molecule has 3 aromatic rings. The van der Waals surface area contributed by atoms with E-state index in [0.29, 0.717) is 65.9 Å². The molecule has 2 aliphatic rings. The van der Waals surface area contributed by atoms with Gasteiger partial charge in [-0.05, 0) is 49.9 Å². The summed E-state index contributed by atoms with van der Waals surface area (Å²) in [5, 5.41) is 13.2. The van der Waals surface area contributed by atoms with Crippen LogP contribution in [0.15, 0.2) is 42.6 Å². The van der Waals surface area contributed by atoms with E-state index in [-0.39, 0.29) is 24.3 Å². The topological polar surface area (TPSA) is 109 Å². The van der Waals surface area contributed by atoms with Crippen molar-refractivity contribution in [3.05, 3.63) is 54.0 Å². The summed E-state index contributed by atoms with van der Waals surface area (Å²) >= 11 is 0. The van der Waals surface area contributed by atoms with Crippen LogP contribution in [-0.4, -0.2) is 54.6 Å². The molecule has 1 aliphatic carbocycles. The van der Waals surface area contributed by atoms with Crippen molar-refractivity contribution in [2.75, 3.05) is 36.4 Å². The fourth-order valence-electron chi connectivity index (χ4n) is 4.95. The summed E-state index contributed by atoms with van der Waals surface area (Å²) in [6.45, 7) is 0.111. The Kier molecular flexibility index (Phi) is 7.19. The quantitative estimate of drug-likeness (QED) is 0.461. The predicted octanol–water partition coefficient (Wildman–Crippen LogP) is 4.64. The van der Waals surface area contributed by atoms with Gasteiger partial charge < -0.3 is 24.6 Å². The number of carbonyl (C=O) groups excluding carboxylic acids is 1. The SMILES string of the molecule is COc1ccc(N2Cc3cnc(Nc4ccc(OC)c(OC)c4)nc3N([C@H]3CC[C@H](O)CC3)C2=O)c(F)c1. The van der Waals surface area contributed by atoms with E-state index in [1.54, 1.807) is 43.5 Å². The van der Waals surface area contributed by atoms with Gasteiger partial charge in [-0.1, -0.05) is 0 Å². The van der Waals surface area contributed by atoms with Gasteiger partial charge in [0.15, 0.2) is 17.3 Å². The van der Waals surface area contributed by atoms with Crippen molar-refractivity contribution < 1.29 is 28.5 Å². The molecule has 10 nitrogen and oxygen atoms in total.